The van der Waals surface area contributed by atoms with Crippen LogP contribution in [0.4, 0.5) is 0 Å². The molecule has 2 aliphatic carbocycles. The highest BCUT2D eigenvalue weighted by Crippen LogP contribution is 2.58. The number of benzene rings is 4. The van der Waals surface area contributed by atoms with Crippen LogP contribution in [0.5, 0.6) is 0 Å². The molecule has 0 aromatic heterocycles. The monoisotopic (exact) mass is 664 g/mol. The largest absolute Gasteiger partial charge is 0.0722 e. The molecule has 0 fully saturated rings. The summed E-state index contributed by atoms with van der Waals surface area (Å²) in [4.78, 5) is 0. The van der Waals surface area contributed by atoms with E-state index in [4.69, 9.17) is 0 Å². The maximum Gasteiger partial charge on any atom is 0.0722 e. The molecule has 49 heavy (non-hydrogen) atoms. The quantitative estimate of drug-likeness (QED) is 0.164. The molecular weight excluding hydrogens is 605 g/mol. The fourth-order valence-corrected chi connectivity index (χ4v) is 14.1. The first-order valence-electron chi connectivity index (χ1n) is 18.9. The van der Waals surface area contributed by atoms with E-state index in [-0.39, 0.29) is 10.8 Å². The molecule has 0 bridgehead atoms. The molecule has 0 nitrogen and oxygen atoms in total. The minimum absolute atomic E-state index is 0.148. The zero-order valence-corrected chi connectivity index (χ0v) is 33.5. The first-order valence-corrected chi connectivity index (χ1v) is 22.1. The number of unbranched alkanes of at least 4 members (excludes halogenated alkanes) is 1. The summed E-state index contributed by atoms with van der Waals surface area (Å²) in [5, 5.41) is 0. The van der Waals surface area contributed by atoms with Crippen molar-refractivity contribution >= 4 is 19.7 Å². The van der Waals surface area contributed by atoms with Crippen LogP contribution >= 0.6 is 0 Å². The van der Waals surface area contributed by atoms with E-state index in [9.17, 15) is 0 Å². The van der Waals surface area contributed by atoms with Crippen LogP contribution in [-0.4, -0.2) is 8.07 Å². The fourth-order valence-electron chi connectivity index (χ4n) is 9.10. The molecule has 0 saturated heterocycles. The van der Waals surface area contributed by atoms with Crippen molar-refractivity contribution in [1.82, 2.24) is 0 Å². The van der Waals surface area contributed by atoms with Crippen LogP contribution in [0.2, 0.25) is 13.1 Å². The normalized spacial score (nSPS) is 17.9. The second-order valence-corrected chi connectivity index (χ2v) is 22.8. The lowest BCUT2D eigenvalue weighted by Crippen LogP contribution is -2.43. The van der Waals surface area contributed by atoms with Crippen LogP contribution in [-0.2, 0) is 10.8 Å². The first-order chi connectivity index (χ1) is 23.1. The fraction of sp³-hybridized carbons (Fsp3) is 0.417. The van der Waals surface area contributed by atoms with Gasteiger partial charge in [-0.25, -0.2) is 0 Å². The van der Waals surface area contributed by atoms with Crippen LogP contribution in [0.3, 0.4) is 0 Å². The van der Waals surface area contributed by atoms with E-state index in [0.29, 0.717) is 17.0 Å². The minimum Gasteiger partial charge on any atom is -0.0679 e. The van der Waals surface area contributed by atoms with Gasteiger partial charge in [-0.05, 0) is 97.7 Å². The van der Waals surface area contributed by atoms with E-state index in [0.717, 1.165) is 6.42 Å². The maximum absolute atomic E-state index is 2.71. The van der Waals surface area contributed by atoms with E-state index in [1.165, 1.54) is 51.8 Å². The van der Waals surface area contributed by atoms with Crippen LogP contribution in [0.15, 0.2) is 96.1 Å². The summed E-state index contributed by atoms with van der Waals surface area (Å²) in [6.45, 7) is 28.9. The van der Waals surface area contributed by atoms with Gasteiger partial charge < -0.3 is 0 Å². The zero-order chi connectivity index (χ0) is 35.5. The molecule has 4 aromatic rings. The van der Waals surface area contributed by atoms with Gasteiger partial charge in [-0.2, -0.15) is 0 Å². The molecule has 0 aliphatic heterocycles. The van der Waals surface area contributed by atoms with Gasteiger partial charge in [0.15, 0.2) is 0 Å². The van der Waals surface area contributed by atoms with Crippen LogP contribution < -0.4 is 0 Å². The predicted octanol–water partition coefficient (Wildman–Crippen LogP) is 14.3. The summed E-state index contributed by atoms with van der Waals surface area (Å²) in [5.41, 5.74) is 20.6. The average molecular weight is 665 g/mol. The van der Waals surface area contributed by atoms with E-state index >= 15 is 0 Å². The Morgan fingerprint density at radius 2 is 1.16 bits per heavy atom. The molecule has 0 spiro atoms. The minimum atomic E-state index is -2.05. The second kappa shape index (κ2) is 13.0. The average Bonchev–Trinajstić information content (AvgIpc) is 3.59. The molecule has 6 rings (SSSR count). The Labute approximate surface area is 299 Å². The van der Waals surface area contributed by atoms with E-state index in [1.54, 1.807) is 33.4 Å². The molecule has 4 aromatic carbocycles. The Morgan fingerprint density at radius 3 is 1.67 bits per heavy atom. The molecule has 2 unspecified atom stereocenters. The predicted molar refractivity (Wildman–Crippen MR) is 219 cm³/mol. The highest BCUT2D eigenvalue weighted by Gasteiger charge is 2.49. The van der Waals surface area contributed by atoms with Crippen LogP contribution in [0, 0.1) is 5.92 Å². The topological polar surface area (TPSA) is 0 Å². The number of hydrogen-bond acceptors (Lipinski definition) is 0. The molecule has 0 amide bonds. The van der Waals surface area contributed by atoms with Gasteiger partial charge in [0.2, 0.25) is 0 Å². The van der Waals surface area contributed by atoms with E-state index < -0.39 is 8.07 Å². The number of allylic oxidation sites excluding steroid dienone is 3. The molecule has 0 N–H and O–H groups in total. The summed E-state index contributed by atoms with van der Waals surface area (Å²) in [7, 11) is -2.05. The van der Waals surface area contributed by atoms with Gasteiger partial charge in [0.05, 0.1) is 8.07 Å². The molecule has 0 saturated carbocycles. The van der Waals surface area contributed by atoms with E-state index in [2.05, 4.69) is 173 Å². The molecular formula is C48H60Si. The second-order valence-electron chi connectivity index (χ2n) is 18.0. The third kappa shape index (κ3) is 6.38. The van der Waals surface area contributed by atoms with Gasteiger partial charge in [-0.15, -0.1) is 0 Å². The first kappa shape index (κ1) is 35.4. The van der Waals surface area contributed by atoms with Gasteiger partial charge in [0.25, 0.3) is 0 Å². The van der Waals surface area contributed by atoms with Gasteiger partial charge in [-0.3, -0.25) is 0 Å². The Kier molecular flexibility index (Phi) is 9.42. The summed E-state index contributed by atoms with van der Waals surface area (Å²) in [6, 6.07) is 33.2. The standard InChI is InChI=1S/C48H60Si/c1-13-14-17-37-32(4)45(41-21-16-19-39(44(37)41)34-24-28-36(29-25-34)48(8,9)10)49(11,12)46-40-20-15-18-38(43(40)30-42(46)31(2)3)33-22-26-35(27-23-33)47(5,6)7/h15-16,18-31,45-46H,13-14,17H2,1-12H3. The van der Waals surface area contributed by atoms with Crippen molar-refractivity contribution in [3.05, 3.63) is 129 Å². The molecule has 0 radical (unpaired) electrons. The summed E-state index contributed by atoms with van der Waals surface area (Å²) in [5.74, 6) is 0.498. The third-order valence-electron chi connectivity index (χ3n) is 11.8. The van der Waals surface area contributed by atoms with Crippen LogP contribution in [0.1, 0.15) is 133 Å². The number of fused-ring (bicyclic) bond motifs is 2. The van der Waals surface area contributed by atoms with Gasteiger partial charge >= 0.3 is 0 Å². The lowest BCUT2D eigenvalue weighted by Gasteiger charge is -2.40. The Balaban J connectivity index is 1.48. The van der Waals surface area contributed by atoms with Crippen molar-refractivity contribution in [1.29, 1.82) is 0 Å². The highest BCUT2D eigenvalue weighted by atomic mass is 28.3. The molecule has 0 heterocycles. The van der Waals surface area contributed by atoms with Crippen molar-refractivity contribution in [2.24, 2.45) is 5.92 Å². The van der Waals surface area contributed by atoms with Crippen molar-refractivity contribution < 1.29 is 0 Å². The van der Waals surface area contributed by atoms with Crippen molar-refractivity contribution in [3.8, 4) is 22.3 Å². The summed E-state index contributed by atoms with van der Waals surface area (Å²) in [6.07, 6.45) is 6.22. The maximum atomic E-state index is 2.71. The van der Waals surface area contributed by atoms with Crippen molar-refractivity contribution in [2.75, 3.05) is 0 Å². The SMILES string of the molecule is CCCCC1=C(C)C([Si](C)(C)C2C(C(C)C)=Cc3c(-c4ccc(C(C)(C)C)cc4)cccc32)c2cccc(-c3ccc(C(C)(C)C)cc3)c21. The zero-order valence-electron chi connectivity index (χ0n) is 32.5. The van der Waals surface area contributed by atoms with Gasteiger partial charge in [0.1, 0.15) is 0 Å². The van der Waals surface area contributed by atoms with Crippen molar-refractivity contribution in [2.45, 2.75) is 124 Å². The Hall–Kier alpha value is -3.42. The van der Waals surface area contributed by atoms with Gasteiger partial charge in [0, 0.05) is 11.1 Å². The third-order valence-corrected chi connectivity index (χ3v) is 16.1. The molecule has 1 heteroatoms. The smallest absolute Gasteiger partial charge is 0.0679 e. The van der Waals surface area contributed by atoms with Gasteiger partial charge in [-0.1, -0.05) is 184 Å². The lowest BCUT2D eigenvalue weighted by atomic mass is 9.85. The number of hydrogen-bond donors (Lipinski definition) is 0. The molecule has 256 valence electrons. The van der Waals surface area contributed by atoms with Crippen LogP contribution in [0.25, 0.3) is 33.9 Å². The Bertz CT molecular complexity index is 1900. The highest BCUT2D eigenvalue weighted by molar-refractivity contribution is 6.82. The molecule has 2 atom stereocenters. The summed E-state index contributed by atoms with van der Waals surface area (Å²) < 4.78 is 0. The summed E-state index contributed by atoms with van der Waals surface area (Å²) >= 11 is 0. The van der Waals surface area contributed by atoms with E-state index in [1.807, 2.05) is 0 Å². The Morgan fingerprint density at radius 1 is 0.653 bits per heavy atom. The van der Waals surface area contributed by atoms with Crippen molar-refractivity contribution in [3.63, 3.8) is 0 Å². The lowest BCUT2D eigenvalue weighted by molar-refractivity contribution is 0.590. The number of rotatable bonds is 8. The molecule has 2 aliphatic rings.